The minimum atomic E-state index is -3.57. The normalized spacial score (nSPS) is 18.6. The number of sulfonamides is 1. The summed E-state index contributed by atoms with van der Waals surface area (Å²) in [4.78, 5) is 18.2. The fourth-order valence-corrected chi connectivity index (χ4v) is 4.39. The molecule has 1 aliphatic heterocycles. The van der Waals surface area contributed by atoms with Gasteiger partial charge in [0.2, 0.25) is 15.9 Å². The van der Waals surface area contributed by atoms with Crippen molar-refractivity contribution in [3.8, 4) is 11.3 Å². The second-order valence-corrected chi connectivity index (χ2v) is 8.28. The number of carbonyl (C=O) groups is 1. The Bertz CT molecular complexity index is 828. The van der Waals surface area contributed by atoms with Gasteiger partial charge in [-0.1, -0.05) is 29.8 Å². The Morgan fingerprint density at radius 2 is 2.04 bits per heavy atom. The lowest BCUT2D eigenvalue weighted by molar-refractivity contribution is -0.117. The lowest BCUT2D eigenvalue weighted by Gasteiger charge is -2.12. The molecule has 0 aliphatic carbocycles. The van der Waals surface area contributed by atoms with E-state index in [-0.39, 0.29) is 24.0 Å². The number of benzene rings is 1. The summed E-state index contributed by atoms with van der Waals surface area (Å²) in [7, 11) is -3.57. The molecular formula is C15H17N3O3S2. The molecule has 2 N–H and O–H groups in total. The molecule has 0 spiro atoms. The number of amides is 1. The number of carbonyl (C=O) groups excluding carboxylic acids is 1. The molecule has 1 aliphatic rings. The topological polar surface area (TPSA) is 93.4 Å². The van der Waals surface area contributed by atoms with Crippen molar-refractivity contribution in [1.82, 2.24) is 4.98 Å². The van der Waals surface area contributed by atoms with Gasteiger partial charge in [-0.2, -0.15) is 0 Å². The molecule has 8 heteroatoms. The van der Waals surface area contributed by atoms with E-state index in [1.807, 2.05) is 36.6 Å². The zero-order valence-corrected chi connectivity index (χ0v) is 14.2. The lowest BCUT2D eigenvalue weighted by atomic mass is 10.1. The van der Waals surface area contributed by atoms with E-state index >= 15 is 0 Å². The van der Waals surface area contributed by atoms with Crippen molar-refractivity contribution in [2.24, 2.45) is 11.1 Å². The Labute approximate surface area is 139 Å². The molecule has 3 rings (SSSR count). The molecule has 1 saturated heterocycles. The first-order valence-electron chi connectivity index (χ1n) is 7.15. The van der Waals surface area contributed by atoms with Crippen molar-refractivity contribution in [3.05, 3.63) is 35.2 Å². The Balaban J connectivity index is 1.78. The maximum absolute atomic E-state index is 12.1. The summed E-state index contributed by atoms with van der Waals surface area (Å²) in [6, 6.07) is 8.00. The summed E-state index contributed by atoms with van der Waals surface area (Å²) < 4.78 is 22.4. The molecule has 1 aromatic heterocycles. The molecule has 122 valence electrons. The van der Waals surface area contributed by atoms with Crippen molar-refractivity contribution < 1.29 is 13.2 Å². The van der Waals surface area contributed by atoms with Crippen molar-refractivity contribution in [2.75, 3.05) is 17.2 Å². The summed E-state index contributed by atoms with van der Waals surface area (Å²) in [6.07, 6.45) is 0.190. The van der Waals surface area contributed by atoms with Crippen LogP contribution in [-0.2, 0) is 14.8 Å². The van der Waals surface area contributed by atoms with Crippen LogP contribution in [0.3, 0.4) is 0 Å². The number of nitrogens with zero attached hydrogens (tertiary/aromatic N) is 2. The molecule has 0 radical (unpaired) electrons. The minimum absolute atomic E-state index is 0.108. The Kier molecular flexibility index (Phi) is 4.22. The average Bonchev–Trinajstić information content (AvgIpc) is 3.04. The van der Waals surface area contributed by atoms with E-state index in [1.54, 1.807) is 4.90 Å². The lowest BCUT2D eigenvalue weighted by Crippen LogP contribution is -2.27. The van der Waals surface area contributed by atoms with Crippen LogP contribution in [0, 0.1) is 12.8 Å². The highest BCUT2D eigenvalue weighted by molar-refractivity contribution is 7.89. The standard InChI is InChI=1S/C15H17N3O3S2/c1-10-2-4-12(5-3-10)13-8-22-15(17-13)18-7-11(6-14(18)19)9-23(16,20)21/h2-5,8,11H,6-7,9H2,1H3,(H2,16,20,21). The number of nitrogens with two attached hydrogens (primary N) is 1. The van der Waals surface area contributed by atoms with Crippen LogP contribution in [0.5, 0.6) is 0 Å². The number of aryl methyl sites for hydroxylation is 1. The molecule has 1 fully saturated rings. The van der Waals surface area contributed by atoms with Crippen LogP contribution in [0.25, 0.3) is 11.3 Å². The number of thiazole rings is 1. The Morgan fingerprint density at radius 3 is 2.70 bits per heavy atom. The van der Waals surface area contributed by atoms with Gasteiger partial charge < -0.3 is 0 Å². The number of primary sulfonamides is 1. The quantitative estimate of drug-likeness (QED) is 0.908. The Hall–Kier alpha value is -1.77. The van der Waals surface area contributed by atoms with E-state index in [0.29, 0.717) is 11.7 Å². The monoisotopic (exact) mass is 351 g/mol. The smallest absolute Gasteiger partial charge is 0.229 e. The van der Waals surface area contributed by atoms with Gasteiger partial charge in [0.05, 0.1) is 11.4 Å². The van der Waals surface area contributed by atoms with Crippen LogP contribution in [0.4, 0.5) is 5.13 Å². The van der Waals surface area contributed by atoms with E-state index < -0.39 is 10.0 Å². The van der Waals surface area contributed by atoms with Crippen LogP contribution in [0.2, 0.25) is 0 Å². The van der Waals surface area contributed by atoms with Crippen LogP contribution in [-0.4, -0.2) is 31.6 Å². The highest BCUT2D eigenvalue weighted by Crippen LogP contribution is 2.31. The average molecular weight is 351 g/mol. The fraction of sp³-hybridized carbons (Fsp3) is 0.333. The van der Waals surface area contributed by atoms with Crippen LogP contribution < -0.4 is 10.0 Å². The number of hydrogen-bond donors (Lipinski definition) is 1. The molecule has 1 atom stereocenters. The summed E-state index contributed by atoms with van der Waals surface area (Å²) in [5.41, 5.74) is 2.98. The van der Waals surface area contributed by atoms with Crippen molar-refractivity contribution in [3.63, 3.8) is 0 Å². The molecule has 2 heterocycles. The third-order valence-electron chi connectivity index (χ3n) is 3.74. The van der Waals surface area contributed by atoms with Crippen LogP contribution >= 0.6 is 11.3 Å². The van der Waals surface area contributed by atoms with E-state index in [0.717, 1.165) is 11.3 Å². The van der Waals surface area contributed by atoms with E-state index in [1.165, 1.54) is 16.9 Å². The summed E-state index contributed by atoms with van der Waals surface area (Å²) >= 11 is 1.38. The van der Waals surface area contributed by atoms with Gasteiger partial charge in [-0.3, -0.25) is 9.69 Å². The van der Waals surface area contributed by atoms with Gasteiger partial charge in [-0.15, -0.1) is 11.3 Å². The predicted molar refractivity (Wildman–Crippen MR) is 90.7 cm³/mol. The zero-order valence-electron chi connectivity index (χ0n) is 12.6. The van der Waals surface area contributed by atoms with Gasteiger partial charge >= 0.3 is 0 Å². The molecule has 23 heavy (non-hydrogen) atoms. The molecular weight excluding hydrogens is 334 g/mol. The Morgan fingerprint density at radius 1 is 1.35 bits per heavy atom. The molecule has 1 unspecified atom stereocenters. The molecule has 6 nitrogen and oxygen atoms in total. The summed E-state index contributed by atoms with van der Waals surface area (Å²) in [5, 5.41) is 7.57. The molecule has 1 aromatic carbocycles. The first-order chi connectivity index (χ1) is 10.8. The van der Waals surface area contributed by atoms with Crippen molar-refractivity contribution in [1.29, 1.82) is 0 Å². The van der Waals surface area contributed by atoms with Crippen LogP contribution in [0.15, 0.2) is 29.6 Å². The summed E-state index contributed by atoms with van der Waals surface area (Å²) in [5.74, 6) is -0.557. The van der Waals surface area contributed by atoms with Gasteiger partial charge in [0.25, 0.3) is 0 Å². The van der Waals surface area contributed by atoms with E-state index in [2.05, 4.69) is 4.98 Å². The van der Waals surface area contributed by atoms with Crippen molar-refractivity contribution >= 4 is 32.4 Å². The predicted octanol–water partition coefficient (Wildman–Crippen LogP) is 1.76. The number of hydrogen-bond acceptors (Lipinski definition) is 5. The van der Waals surface area contributed by atoms with E-state index in [4.69, 9.17) is 5.14 Å². The number of aromatic nitrogens is 1. The molecule has 1 amide bonds. The molecule has 0 saturated carbocycles. The maximum Gasteiger partial charge on any atom is 0.229 e. The van der Waals surface area contributed by atoms with E-state index in [9.17, 15) is 13.2 Å². The third-order valence-corrected chi connectivity index (χ3v) is 5.54. The maximum atomic E-state index is 12.1. The highest BCUT2D eigenvalue weighted by Gasteiger charge is 2.34. The first-order valence-corrected chi connectivity index (χ1v) is 9.75. The number of anilines is 1. The van der Waals surface area contributed by atoms with Gasteiger partial charge in [0, 0.05) is 29.8 Å². The van der Waals surface area contributed by atoms with Gasteiger partial charge in [0.1, 0.15) is 0 Å². The first kappa shape index (κ1) is 16.1. The second kappa shape index (κ2) is 6.03. The van der Waals surface area contributed by atoms with Gasteiger partial charge in [-0.05, 0) is 6.92 Å². The number of rotatable bonds is 4. The highest BCUT2D eigenvalue weighted by atomic mass is 32.2. The molecule has 0 bridgehead atoms. The SMILES string of the molecule is Cc1ccc(-c2csc(N3CC(CS(N)(=O)=O)CC3=O)n2)cc1. The van der Waals surface area contributed by atoms with Gasteiger partial charge in [-0.25, -0.2) is 18.5 Å². The fourth-order valence-electron chi connectivity index (χ4n) is 2.65. The van der Waals surface area contributed by atoms with Crippen molar-refractivity contribution in [2.45, 2.75) is 13.3 Å². The van der Waals surface area contributed by atoms with Crippen LogP contribution in [0.1, 0.15) is 12.0 Å². The zero-order chi connectivity index (χ0) is 16.6. The largest absolute Gasteiger partial charge is 0.288 e. The third kappa shape index (κ3) is 3.77. The minimum Gasteiger partial charge on any atom is -0.288 e. The molecule has 2 aromatic rings. The second-order valence-electron chi connectivity index (χ2n) is 5.79. The summed E-state index contributed by atoms with van der Waals surface area (Å²) in [6.45, 7) is 2.36. The van der Waals surface area contributed by atoms with Gasteiger partial charge in [0.15, 0.2) is 5.13 Å².